The average molecular weight is 659 g/mol. The van der Waals surface area contributed by atoms with Crippen LogP contribution in [0.2, 0.25) is 10.0 Å². The average Bonchev–Trinajstić information content (AvgIpc) is 3.47. The largest absolute Gasteiger partial charge is 0.352 e. The van der Waals surface area contributed by atoms with Crippen molar-refractivity contribution in [3.63, 3.8) is 0 Å². The smallest absolute Gasteiger partial charge is 0.244 e. The zero-order chi connectivity index (χ0) is 32.1. The lowest BCUT2D eigenvalue weighted by Gasteiger charge is -2.34. The van der Waals surface area contributed by atoms with E-state index in [1.807, 2.05) is 42.5 Å². The number of nitrogens with zero attached hydrogens (tertiary/aromatic N) is 2. The monoisotopic (exact) mass is 657 g/mol. The summed E-state index contributed by atoms with van der Waals surface area (Å²) < 4.78 is 27.3. The molecule has 1 aliphatic carbocycles. The van der Waals surface area contributed by atoms with Crippen molar-refractivity contribution in [3.8, 4) is 0 Å². The number of amides is 2. The highest BCUT2D eigenvalue weighted by Gasteiger charge is 2.34. The minimum atomic E-state index is -3.86. The molecule has 0 aromatic heterocycles. The number of carbonyl (C=O) groups is 2. The molecule has 4 rings (SSSR count). The fraction of sp³-hybridized carbons (Fsp3) is 0.412. The van der Waals surface area contributed by atoms with Gasteiger partial charge in [0.05, 0.1) is 11.9 Å². The van der Waals surface area contributed by atoms with Gasteiger partial charge in [-0.1, -0.05) is 105 Å². The molecule has 3 aromatic carbocycles. The molecule has 0 bridgehead atoms. The van der Waals surface area contributed by atoms with Crippen LogP contribution in [0.4, 0.5) is 5.69 Å². The van der Waals surface area contributed by atoms with Crippen LogP contribution in [0.15, 0.2) is 72.8 Å². The van der Waals surface area contributed by atoms with Gasteiger partial charge in [-0.25, -0.2) is 8.42 Å². The van der Waals surface area contributed by atoms with Gasteiger partial charge >= 0.3 is 0 Å². The molecular weight excluding hydrogens is 617 g/mol. The predicted molar refractivity (Wildman–Crippen MR) is 179 cm³/mol. The number of halogens is 2. The second-order valence-corrected chi connectivity index (χ2v) is 15.3. The highest BCUT2D eigenvalue weighted by atomic mass is 35.5. The lowest BCUT2D eigenvalue weighted by molar-refractivity contribution is -0.140. The molecule has 0 heterocycles. The summed E-state index contributed by atoms with van der Waals surface area (Å²) in [4.78, 5) is 29.8. The first kappa shape index (κ1) is 33.8. The number of hydrogen-bond acceptors (Lipinski definition) is 4. The number of benzene rings is 3. The molecule has 3 aromatic rings. The van der Waals surface area contributed by atoms with Crippen LogP contribution in [0.5, 0.6) is 0 Å². The SMILES string of the molecule is CC(C)(C)c1ccc(N(CC(=O)N(Cc2ccc(Cl)cc2Cl)[C@@H](Cc2ccccc2)C(=O)NC2CCCC2)S(C)(=O)=O)cc1. The van der Waals surface area contributed by atoms with Gasteiger partial charge in [-0.05, 0) is 59.2 Å². The maximum absolute atomic E-state index is 14.3. The Morgan fingerprint density at radius 3 is 2.16 bits per heavy atom. The number of sulfonamides is 1. The van der Waals surface area contributed by atoms with Crippen LogP contribution in [-0.2, 0) is 38.0 Å². The Morgan fingerprint density at radius 1 is 0.955 bits per heavy atom. The van der Waals surface area contributed by atoms with E-state index < -0.39 is 28.5 Å². The molecule has 1 atom stereocenters. The quantitative estimate of drug-likeness (QED) is 0.247. The fourth-order valence-corrected chi connectivity index (χ4v) is 6.81. The van der Waals surface area contributed by atoms with Gasteiger partial charge in [0.25, 0.3) is 0 Å². The van der Waals surface area contributed by atoms with Gasteiger partial charge in [-0.3, -0.25) is 13.9 Å². The third-order valence-corrected chi connectivity index (χ3v) is 9.76. The Kier molecular flexibility index (Phi) is 11.0. The van der Waals surface area contributed by atoms with Crippen LogP contribution in [0.3, 0.4) is 0 Å². The summed E-state index contributed by atoms with van der Waals surface area (Å²) in [7, 11) is -3.86. The zero-order valence-corrected chi connectivity index (χ0v) is 28.1. The van der Waals surface area contributed by atoms with Crippen LogP contribution in [0.25, 0.3) is 0 Å². The number of anilines is 1. The standard InChI is InChI=1S/C34H41Cl2N3O4S/c1-34(2,3)26-15-18-29(19-16-26)39(44(4,42)43)23-32(40)38(22-25-14-17-27(35)21-30(25)36)31(20-24-10-6-5-7-11-24)33(41)37-28-12-8-9-13-28/h5-7,10-11,14-19,21,28,31H,8-9,12-13,20,22-23H2,1-4H3,(H,37,41)/t31-/m0/s1. The zero-order valence-electron chi connectivity index (χ0n) is 25.7. The van der Waals surface area contributed by atoms with E-state index in [4.69, 9.17) is 23.2 Å². The van der Waals surface area contributed by atoms with Crippen molar-refractivity contribution < 1.29 is 18.0 Å². The Hall–Kier alpha value is -3.07. The van der Waals surface area contributed by atoms with Gasteiger partial charge in [0.2, 0.25) is 21.8 Å². The number of rotatable bonds is 11. The number of hydrogen-bond donors (Lipinski definition) is 1. The molecule has 0 aliphatic heterocycles. The van der Waals surface area contributed by atoms with Crippen LogP contribution < -0.4 is 9.62 Å². The predicted octanol–water partition coefficient (Wildman–Crippen LogP) is 6.76. The van der Waals surface area contributed by atoms with E-state index in [-0.39, 0.29) is 30.3 Å². The van der Waals surface area contributed by atoms with Gasteiger partial charge in [0, 0.05) is 29.1 Å². The minimum absolute atomic E-state index is 0.00894. The third kappa shape index (κ3) is 8.99. The van der Waals surface area contributed by atoms with Gasteiger partial charge in [-0.15, -0.1) is 0 Å². The molecule has 7 nitrogen and oxygen atoms in total. The summed E-state index contributed by atoms with van der Waals surface area (Å²) >= 11 is 12.7. The van der Waals surface area contributed by atoms with Crippen molar-refractivity contribution in [1.29, 1.82) is 0 Å². The molecule has 236 valence electrons. The van der Waals surface area contributed by atoms with Crippen molar-refractivity contribution in [1.82, 2.24) is 10.2 Å². The fourth-order valence-electron chi connectivity index (χ4n) is 5.50. The van der Waals surface area contributed by atoms with Crippen molar-refractivity contribution in [2.75, 3.05) is 17.1 Å². The molecule has 1 aliphatic rings. The first-order valence-corrected chi connectivity index (χ1v) is 17.5. The highest BCUT2D eigenvalue weighted by Crippen LogP contribution is 2.28. The molecule has 1 fully saturated rings. The van der Waals surface area contributed by atoms with Crippen molar-refractivity contribution in [2.45, 2.75) is 76.9 Å². The molecule has 1 saturated carbocycles. The molecule has 10 heteroatoms. The van der Waals surface area contributed by atoms with Gasteiger partial charge < -0.3 is 10.2 Å². The normalized spacial score (nSPS) is 14.7. The summed E-state index contributed by atoms with van der Waals surface area (Å²) in [6, 6.07) is 20.8. The summed E-state index contributed by atoms with van der Waals surface area (Å²) in [6.07, 6.45) is 5.16. The lowest BCUT2D eigenvalue weighted by atomic mass is 9.87. The molecule has 2 amide bonds. The van der Waals surface area contributed by atoms with E-state index in [1.54, 1.807) is 30.3 Å². The van der Waals surface area contributed by atoms with Crippen LogP contribution in [0, 0.1) is 0 Å². The van der Waals surface area contributed by atoms with Gasteiger partial charge in [0.15, 0.2) is 0 Å². The van der Waals surface area contributed by atoms with Crippen LogP contribution in [0.1, 0.15) is 63.1 Å². The third-order valence-electron chi connectivity index (χ3n) is 8.03. The lowest BCUT2D eigenvalue weighted by Crippen LogP contribution is -2.54. The Labute approximate surface area is 271 Å². The van der Waals surface area contributed by atoms with Crippen molar-refractivity contribution in [2.24, 2.45) is 0 Å². The highest BCUT2D eigenvalue weighted by molar-refractivity contribution is 7.92. The molecule has 0 spiro atoms. The number of nitrogens with one attached hydrogen (secondary N) is 1. The number of carbonyl (C=O) groups excluding carboxylic acids is 2. The molecule has 0 unspecified atom stereocenters. The molecule has 0 saturated heterocycles. The summed E-state index contributed by atoms with van der Waals surface area (Å²) in [5.74, 6) is -0.802. The van der Waals surface area contributed by atoms with E-state index in [0.29, 0.717) is 21.3 Å². The van der Waals surface area contributed by atoms with E-state index in [2.05, 4.69) is 26.1 Å². The Bertz CT molecular complexity index is 1550. The Morgan fingerprint density at radius 2 is 1.59 bits per heavy atom. The maximum Gasteiger partial charge on any atom is 0.244 e. The topological polar surface area (TPSA) is 86.8 Å². The molecule has 0 radical (unpaired) electrons. The van der Waals surface area contributed by atoms with Gasteiger partial charge in [0.1, 0.15) is 12.6 Å². The van der Waals surface area contributed by atoms with E-state index in [0.717, 1.165) is 47.4 Å². The van der Waals surface area contributed by atoms with Crippen LogP contribution >= 0.6 is 23.2 Å². The molecular formula is C34H41Cl2N3O4S. The second kappa shape index (κ2) is 14.4. The first-order valence-electron chi connectivity index (χ1n) is 14.9. The minimum Gasteiger partial charge on any atom is -0.352 e. The van der Waals surface area contributed by atoms with Crippen molar-refractivity contribution >= 4 is 50.7 Å². The molecule has 44 heavy (non-hydrogen) atoms. The van der Waals surface area contributed by atoms with E-state index >= 15 is 0 Å². The first-order chi connectivity index (χ1) is 20.7. The summed E-state index contributed by atoms with van der Waals surface area (Å²) in [6.45, 7) is 5.72. The Balaban J connectivity index is 1.74. The molecule has 1 N–H and O–H groups in total. The summed E-state index contributed by atoms with van der Waals surface area (Å²) in [5, 5.41) is 3.95. The maximum atomic E-state index is 14.3. The summed E-state index contributed by atoms with van der Waals surface area (Å²) in [5.41, 5.74) is 2.74. The van der Waals surface area contributed by atoms with E-state index in [9.17, 15) is 18.0 Å². The van der Waals surface area contributed by atoms with Gasteiger partial charge in [-0.2, -0.15) is 0 Å². The van der Waals surface area contributed by atoms with Crippen molar-refractivity contribution in [3.05, 3.63) is 99.5 Å². The second-order valence-electron chi connectivity index (χ2n) is 12.5. The van der Waals surface area contributed by atoms with Crippen LogP contribution in [-0.4, -0.2) is 50.0 Å². The van der Waals surface area contributed by atoms with E-state index in [1.165, 1.54) is 4.90 Å².